The van der Waals surface area contributed by atoms with Crippen LogP contribution in [0.3, 0.4) is 0 Å². The summed E-state index contributed by atoms with van der Waals surface area (Å²) < 4.78 is 5.47. The monoisotopic (exact) mass is 310 g/mol. The van der Waals surface area contributed by atoms with Gasteiger partial charge in [-0.1, -0.05) is 11.6 Å². The van der Waals surface area contributed by atoms with Crippen molar-refractivity contribution in [3.05, 3.63) is 35.0 Å². The third-order valence-corrected chi connectivity index (χ3v) is 3.22. The zero-order valence-corrected chi connectivity index (χ0v) is 13.1. The van der Waals surface area contributed by atoms with E-state index in [9.17, 15) is 9.90 Å². The van der Waals surface area contributed by atoms with Crippen molar-refractivity contribution in [2.45, 2.75) is 12.5 Å². The van der Waals surface area contributed by atoms with E-state index in [0.717, 1.165) is 5.39 Å². The number of nitrogens with one attached hydrogen (secondary N) is 1. The Morgan fingerprint density at radius 1 is 1.43 bits per heavy atom. The number of fused-ring (bicyclic) bond motifs is 1. The molecular weight excluding hydrogens is 292 g/mol. The number of hydrogen-bond acceptors (Lipinski definition) is 4. The summed E-state index contributed by atoms with van der Waals surface area (Å²) >= 11 is 5.90. The van der Waals surface area contributed by atoms with Crippen LogP contribution in [0, 0.1) is 0 Å². The van der Waals surface area contributed by atoms with Gasteiger partial charge in [0.2, 0.25) is 0 Å². The van der Waals surface area contributed by atoms with Crippen molar-refractivity contribution in [3.63, 3.8) is 0 Å². The molecule has 0 bridgehead atoms. The molecule has 1 aromatic heterocycles. The molecule has 114 valence electrons. The summed E-state index contributed by atoms with van der Waals surface area (Å²) in [5.74, 6) is -0.158. The predicted molar refractivity (Wildman–Crippen MR) is 82.7 cm³/mol. The van der Waals surface area contributed by atoms with Gasteiger partial charge >= 0.3 is 0 Å². The third kappa shape index (κ3) is 4.20. The molecule has 1 atom stereocenters. The average Bonchev–Trinajstić information content (AvgIpc) is 2.77. The van der Waals surface area contributed by atoms with Gasteiger partial charge in [0.05, 0.1) is 5.60 Å². The normalized spacial score (nSPS) is 14.4. The Morgan fingerprint density at radius 3 is 2.81 bits per heavy atom. The number of carbonyl (C=O) groups excluding carboxylic acids is 1. The molecule has 2 N–H and O–H groups in total. The van der Waals surface area contributed by atoms with E-state index in [-0.39, 0.29) is 18.2 Å². The Morgan fingerprint density at radius 2 is 2.14 bits per heavy atom. The van der Waals surface area contributed by atoms with Crippen LogP contribution in [0.4, 0.5) is 0 Å². The number of carbonyl (C=O) groups is 1. The lowest BCUT2D eigenvalue weighted by Crippen LogP contribution is -2.47. The predicted octanol–water partition coefficient (Wildman–Crippen LogP) is 2.13. The number of likely N-dealkylation sites (N-methyl/N-ethyl adjacent to an activating group) is 1. The second-order valence-electron chi connectivity index (χ2n) is 5.71. The number of amides is 1. The molecule has 0 aliphatic rings. The highest BCUT2D eigenvalue weighted by molar-refractivity contribution is 6.31. The number of hydrogen-bond donors (Lipinski definition) is 2. The molecule has 6 heteroatoms. The maximum Gasteiger partial charge on any atom is 0.287 e. The van der Waals surface area contributed by atoms with Crippen molar-refractivity contribution in [2.24, 2.45) is 0 Å². The van der Waals surface area contributed by atoms with Gasteiger partial charge in [-0.05, 0) is 45.3 Å². The van der Waals surface area contributed by atoms with E-state index in [1.807, 2.05) is 19.0 Å². The first kappa shape index (κ1) is 15.8. The smallest absolute Gasteiger partial charge is 0.287 e. The molecule has 0 fully saturated rings. The van der Waals surface area contributed by atoms with Crippen LogP contribution >= 0.6 is 11.6 Å². The molecule has 21 heavy (non-hydrogen) atoms. The van der Waals surface area contributed by atoms with Crippen LogP contribution in [-0.4, -0.2) is 48.7 Å². The van der Waals surface area contributed by atoms with E-state index < -0.39 is 5.60 Å². The number of aliphatic hydroxyl groups is 1. The highest BCUT2D eigenvalue weighted by Gasteiger charge is 2.23. The first-order valence-electron chi connectivity index (χ1n) is 6.61. The van der Waals surface area contributed by atoms with Gasteiger partial charge in [0.1, 0.15) is 5.58 Å². The summed E-state index contributed by atoms with van der Waals surface area (Å²) in [5.41, 5.74) is -0.404. The molecule has 1 aromatic carbocycles. The van der Waals surface area contributed by atoms with Gasteiger partial charge in [0.15, 0.2) is 5.76 Å². The number of rotatable bonds is 5. The van der Waals surface area contributed by atoms with E-state index in [0.29, 0.717) is 17.2 Å². The Balaban J connectivity index is 2.05. The Hall–Kier alpha value is -1.56. The standard InChI is InChI=1S/C15H19ClN2O3/c1-15(20,9-18(2)3)8-17-14(19)13-7-10-6-11(16)4-5-12(10)21-13/h4-7,20H,8-9H2,1-3H3,(H,17,19)/t15-/m1/s1. The number of halogens is 1. The van der Waals surface area contributed by atoms with E-state index in [1.54, 1.807) is 31.2 Å². The van der Waals surface area contributed by atoms with Crippen molar-refractivity contribution in [1.29, 1.82) is 0 Å². The third-order valence-electron chi connectivity index (χ3n) is 2.99. The van der Waals surface area contributed by atoms with Gasteiger partial charge in [-0.2, -0.15) is 0 Å². The lowest BCUT2D eigenvalue weighted by molar-refractivity contribution is 0.0322. The van der Waals surface area contributed by atoms with E-state index in [2.05, 4.69) is 5.32 Å². The lowest BCUT2D eigenvalue weighted by Gasteiger charge is -2.26. The summed E-state index contributed by atoms with van der Waals surface area (Å²) in [7, 11) is 3.72. The SMILES string of the molecule is CN(C)C[C@](C)(O)CNC(=O)c1cc2cc(Cl)ccc2o1. The molecule has 0 aliphatic heterocycles. The first-order valence-corrected chi connectivity index (χ1v) is 6.99. The van der Waals surface area contributed by atoms with E-state index >= 15 is 0 Å². The number of benzene rings is 1. The lowest BCUT2D eigenvalue weighted by atomic mass is 10.1. The van der Waals surface area contributed by atoms with Crippen molar-refractivity contribution >= 4 is 28.5 Å². The fraction of sp³-hybridized carbons (Fsp3) is 0.400. The molecule has 1 heterocycles. The number of furan rings is 1. The van der Waals surface area contributed by atoms with Crippen molar-refractivity contribution in [1.82, 2.24) is 10.2 Å². The van der Waals surface area contributed by atoms with Crippen LogP contribution in [0.15, 0.2) is 28.7 Å². The van der Waals surface area contributed by atoms with Crippen molar-refractivity contribution in [2.75, 3.05) is 27.2 Å². The zero-order chi connectivity index (χ0) is 15.6. The molecular formula is C15H19ClN2O3. The molecule has 2 rings (SSSR count). The van der Waals surface area contributed by atoms with Crippen molar-refractivity contribution in [3.8, 4) is 0 Å². The van der Waals surface area contributed by atoms with Gasteiger partial charge < -0.3 is 19.7 Å². The molecule has 1 amide bonds. The van der Waals surface area contributed by atoms with Gasteiger partial charge in [-0.15, -0.1) is 0 Å². The van der Waals surface area contributed by atoms with Crippen LogP contribution in [0.5, 0.6) is 0 Å². The van der Waals surface area contributed by atoms with Crippen LogP contribution in [0.1, 0.15) is 17.5 Å². The highest BCUT2D eigenvalue weighted by atomic mass is 35.5. The Bertz CT molecular complexity index is 649. The summed E-state index contributed by atoms with van der Waals surface area (Å²) in [6, 6.07) is 6.80. The second-order valence-corrected chi connectivity index (χ2v) is 6.15. The molecule has 2 aromatic rings. The molecule has 0 saturated carbocycles. The maximum atomic E-state index is 12.1. The van der Waals surface area contributed by atoms with Crippen LogP contribution < -0.4 is 5.32 Å². The highest BCUT2D eigenvalue weighted by Crippen LogP contribution is 2.23. The van der Waals surface area contributed by atoms with Gasteiger partial charge in [-0.25, -0.2) is 0 Å². The molecule has 0 spiro atoms. The summed E-state index contributed by atoms with van der Waals surface area (Å²) in [4.78, 5) is 13.9. The molecule has 0 aliphatic carbocycles. The minimum absolute atomic E-state index is 0.141. The van der Waals surface area contributed by atoms with Gasteiger partial charge in [-0.3, -0.25) is 4.79 Å². The summed E-state index contributed by atoms with van der Waals surface area (Å²) in [5, 5.41) is 14.2. The molecule has 5 nitrogen and oxygen atoms in total. The van der Waals surface area contributed by atoms with Crippen LogP contribution in [0.25, 0.3) is 11.0 Å². The topological polar surface area (TPSA) is 65.7 Å². The zero-order valence-electron chi connectivity index (χ0n) is 12.3. The first-order chi connectivity index (χ1) is 9.77. The Labute approximate surface area is 128 Å². The molecule has 0 saturated heterocycles. The molecule has 0 radical (unpaired) electrons. The average molecular weight is 311 g/mol. The largest absolute Gasteiger partial charge is 0.451 e. The fourth-order valence-electron chi connectivity index (χ4n) is 2.22. The van der Waals surface area contributed by atoms with Crippen LogP contribution in [-0.2, 0) is 0 Å². The van der Waals surface area contributed by atoms with E-state index in [4.69, 9.17) is 16.0 Å². The maximum absolute atomic E-state index is 12.1. The second kappa shape index (κ2) is 6.05. The van der Waals surface area contributed by atoms with E-state index in [1.165, 1.54) is 0 Å². The number of nitrogens with zero attached hydrogens (tertiary/aromatic N) is 1. The van der Waals surface area contributed by atoms with Crippen LogP contribution in [0.2, 0.25) is 5.02 Å². The van der Waals surface area contributed by atoms with Gasteiger partial charge in [0, 0.05) is 23.5 Å². The molecule has 0 unspecified atom stereocenters. The minimum Gasteiger partial charge on any atom is -0.451 e. The Kier molecular flexibility index (Phi) is 4.56. The minimum atomic E-state index is -1.01. The summed E-state index contributed by atoms with van der Waals surface area (Å²) in [6.07, 6.45) is 0. The quantitative estimate of drug-likeness (QED) is 0.888. The van der Waals surface area contributed by atoms with Crippen molar-refractivity contribution < 1.29 is 14.3 Å². The fourth-order valence-corrected chi connectivity index (χ4v) is 2.40. The van der Waals surface area contributed by atoms with Gasteiger partial charge in [0.25, 0.3) is 5.91 Å². The summed E-state index contributed by atoms with van der Waals surface area (Å²) in [6.45, 7) is 2.26.